The Balaban J connectivity index is 1.54. The Morgan fingerprint density at radius 2 is 2.13 bits per heavy atom. The van der Waals surface area contributed by atoms with Crippen molar-refractivity contribution in [3.63, 3.8) is 0 Å². The molecule has 4 atom stereocenters. The Bertz CT molecular complexity index is 1320. The summed E-state index contributed by atoms with van der Waals surface area (Å²) in [5.41, 5.74) is 9.58. The Kier molecular flexibility index (Phi) is 4.75. The van der Waals surface area contributed by atoms with Crippen LogP contribution in [0.5, 0.6) is 0 Å². The number of benzene rings is 1. The van der Waals surface area contributed by atoms with Crippen LogP contribution < -0.4 is 11.1 Å². The molecule has 6 nitrogen and oxygen atoms in total. The Morgan fingerprint density at radius 1 is 1.26 bits per heavy atom. The predicted molar refractivity (Wildman–Crippen MR) is 126 cm³/mol. The van der Waals surface area contributed by atoms with Crippen LogP contribution in [0.4, 0.5) is 10.1 Å². The first-order valence-electron chi connectivity index (χ1n) is 10.2. The first-order valence-corrected chi connectivity index (χ1v) is 12.7. The first-order chi connectivity index (χ1) is 15.0. The van der Waals surface area contributed by atoms with Crippen LogP contribution in [-0.4, -0.2) is 33.0 Å². The Morgan fingerprint density at radius 3 is 2.84 bits per heavy atom. The second-order valence-corrected chi connectivity index (χ2v) is 11.3. The molecule has 3 aromatic heterocycles. The third-order valence-corrected chi connectivity index (χ3v) is 9.21. The van der Waals surface area contributed by atoms with Gasteiger partial charge in [0.15, 0.2) is 9.50 Å². The van der Waals surface area contributed by atoms with Crippen LogP contribution in [-0.2, 0) is 0 Å². The van der Waals surface area contributed by atoms with Crippen LogP contribution in [0.3, 0.4) is 0 Å². The lowest BCUT2D eigenvalue weighted by Gasteiger charge is -2.37. The van der Waals surface area contributed by atoms with Gasteiger partial charge in [-0.25, -0.2) is 19.3 Å². The molecule has 3 heterocycles. The highest BCUT2D eigenvalue weighted by Crippen LogP contribution is 2.53. The van der Waals surface area contributed by atoms with Crippen molar-refractivity contribution >= 4 is 66.7 Å². The lowest BCUT2D eigenvalue weighted by atomic mass is 9.72. The smallest absolute Gasteiger partial charge is 0.196 e. The summed E-state index contributed by atoms with van der Waals surface area (Å²) in [5, 5.41) is 7.45. The van der Waals surface area contributed by atoms with E-state index in [0.717, 1.165) is 55.8 Å². The van der Waals surface area contributed by atoms with Crippen molar-refractivity contribution in [2.24, 2.45) is 17.6 Å². The summed E-state index contributed by atoms with van der Waals surface area (Å²) in [4.78, 5) is 17.7. The van der Waals surface area contributed by atoms with Gasteiger partial charge in [-0.2, -0.15) is 0 Å². The van der Waals surface area contributed by atoms with Crippen LogP contribution in [0, 0.1) is 17.7 Å². The van der Waals surface area contributed by atoms with E-state index < -0.39 is 0 Å². The zero-order chi connectivity index (χ0) is 21.3. The standard InChI is InChI=1S/C21H20BrFN6S2/c1-25-14-6-10(23)5-12-16-17(9-2-8-4-13(24)11(8)3-9)28-20(29-19(16)27-18(12)14)31-21-26-15(22)7-30-21/h5-9,11,13,25H,2-4,24H2,1H3,(H,27,28,29). The van der Waals surface area contributed by atoms with E-state index in [1.165, 1.54) is 17.8 Å². The second kappa shape index (κ2) is 7.40. The molecule has 0 saturated heterocycles. The molecule has 2 aliphatic carbocycles. The molecule has 1 aromatic carbocycles. The average Bonchev–Trinajstić information content (AvgIpc) is 3.41. The maximum absolute atomic E-state index is 14.4. The number of hydrogen-bond donors (Lipinski definition) is 3. The molecule has 4 unspecified atom stereocenters. The first kappa shape index (κ1) is 19.9. The van der Waals surface area contributed by atoms with E-state index in [-0.39, 0.29) is 5.82 Å². The number of thiazole rings is 1. The molecule has 10 heteroatoms. The van der Waals surface area contributed by atoms with Crippen molar-refractivity contribution in [2.45, 2.75) is 40.7 Å². The molecular weight excluding hydrogens is 499 g/mol. The van der Waals surface area contributed by atoms with Gasteiger partial charge >= 0.3 is 0 Å². The number of nitrogens with two attached hydrogens (primary N) is 1. The molecule has 0 spiro atoms. The third-order valence-electron chi connectivity index (χ3n) is 6.70. The van der Waals surface area contributed by atoms with Gasteiger partial charge in [0.1, 0.15) is 16.1 Å². The van der Waals surface area contributed by atoms with E-state index in [0.29, 0.717) is 34.6 Å². The van der Waals surface area contributed by atoms with Gasteiger partial charge in [0.05, 0.1) is 16.9 Å². The van der Waals surface area contributed by atoms with Gasteiger partial charge in [0.25, 0.3) is 0 Å². The van der Waals surface area contributed by atoms with Gasteiger partial charge in [-0.15, -0.1) is 11.3 Å². The number of halogens is 2. The average molecular weight is 519 g/mol. The molecule has 2 aliphatic rings. The molecule has 4 N–H and O–H groups in total. The second-order valence-electron chi connectivity index (χ2n) is 8.40. The summed E-state index contributed by atoms with van der Waals surface area (Å²) in [5.74, 6) is 1.27. The topological polar surface area (TPSA) is 92.5 Å². The maximum atomic E-state index is 14.4. The largest absolute Gasteiger partial charge is 0.386 e. The fourth-order valence-corrected chi connectivity index (χ4v) is 7.51. The molecule has 0 radical (unpaired) electrons. The minimum absolute atomic E-state index is 0.275. The summed E-state index contributed by atoms with van der Waals surface area (Å²) < 4.78 is 16.1. The van der Waals surface area contributed by atoms with Crippen LogP contribution in [0.1, 0.15) is 30.9 Å². The van der Waals surface area contributed by atoms with Gasteiger partial charge in [-0.1, -0.05) is 0 Å². The van der Waals surface area contributed by atoms with Crippen molar-refractivity contribution in [3.8, 4) is 0 Å². The number of rotatable bonds is 4. The van der Waals surface area contributed by atoms with Gasteiger partial charge < -0.3 is 16.0 Å². The number of nitrogens with one attached hydrogen (secondary N) is 2. The number of anilines is 1. The summed E-state index contributed by atoms with van der Waals surface area (Å²) >= 11 is 6.42. The number of aromatic nitrogens is 4. The summed E-state index contributed by atoms with van der Waals surface area (Å²) in [6.45, 7) is 0. The third kappa shape index (κ3) is 3.26. The Hall–Kier alpha value is -1.75. The highest BCUT2D eigenvalue weighted by Gasteiger charge is 2.47. The molecule has 0 aliphatic heterocycles. The highest BCUT2D eigenvalue weighted by molar-refractivity contribution is 9.10. The van der Waals surface area contributed by atoms with Crippen LogP contribution in [0.2, 0.25) is 0 Å². The van der Waals surface area contributed by atoms with E-state index in [1.54, 1.807) is 24.5 Å². The lowest BCUT2D eigenvalue weighted by molar-refractivity contribution is 0.173. The van der Waals surface area contributed by atoms with E-state index in [9.17, 15) is 4.39 Å². The van der Waals surface area contributed by atoms with Crippen molar-refractivity contribution in [1.82, 2.24) is 19.9 Å². The minimum atomic E-state index is -0.275. The summed E-state index contributed by atoms with van der Waals surface area (Å²) in [7, 11) is 1.80. The zero-order valence-electron chi connectivity index (χ0n) is 16.7. The fourth-order valence-electron chi connectivity index (χ4n) is 5.28. The van der Waals surface area contributed by atoms with Gasteiger partial charge in [0, 0.05) is 35.2 Å². The number of H-pyrrole nitrogens is 1. The maximum Gasteiger partial charge on any atom is 0.196 e. The monoisotopic (exact) mass is 518 g/mol. The van der Waals surface area contributed by atoms with E-state index >= 15 is 0 Å². The Labute approximate surface area is 194 Å². The molecule has 31 heavy (non-hydrogen) atoms. The summed E-state index contributed by atoms with van der Waals surface area (Å²) in [6, 6.07) is 3.38. The molecule has 2 saturated carbocycles. The van der Waals surface area contributed by atoms with Crippen LogP contribution >= 0.6 is 39.0 Å². The predicted octanol–water partition coefficient (Wildman–Crippen LogP) is 5.50. The molecule has 160 valence electrons. The van der Waals surface area contributed by atoms with Gasteiger partial charge in [0.2, 0.25) is 0 Å². The summed E-state index contributed by atoms with van der Waals surface area (Å²) in [6.07, 6.45) is 3.21. The van der Waals surface area contributed by atoms with E-state index in [1.807, 2.05) is 5.38 Å². The van der Waals surface area contributed by atoms with E-state index in [2.05, 4.69) is 31.2 Å². The molecule has 2 fully saturated rings. The van der Waals surface area contributed by atoms with Crippen molar-refractivity contribution in [1.29, 1.82) is 0 Å². The molecule has 0 bridgehead atoms. The van der Waals surface area contributed by atoms with Gasteiger partial charge in [-0.3, -0.25) is 0 Å². The molecule has 6 rings (SSSR count). The number of aromatic amines is 1. The minimum Gasteiger partial charge on any atom is -0.386 e. The number of nitrogens with zero attached hydrogens (tertiary/aromatic N) is 3. The number of hydrogen-bond acceptors (Lipinski definition) is 7. The molecular formula is C21H20BrFN6S2. The molecule has 0 amide bonds. The molecule has 4 aromatic rings. The van der Waals surface area contributed by atoms with E-state index in [4.69, 9.17) is 15.7 Å². The SMILES string of the molecule is CNc1cc(F)cc2c1[nH]c1nc(Sc3nc(Br)cs3)nc(C3CC4CC(N)C4C3)c12. The van der Waals surface area contributed by atoms with Crippen molar-refractivity contribution in [2.75, 3.05) is 12.4 Å². The number of fused-ring (bicyclic) bond motifs is 4. The lowest BCUT2D eigenvalue weighted by Crippen LogP contribution is -2.44. The fraction of sp³-hybridized carbons (Fsp3) is 0.381. The quantitative estimate of drug-likeness (QED) is 0.308. The van der Waals surface area contributed by atoms with Crippen molar-refractivity contribution < 1.29 is 4.39 Å². The van der Waals surface area contributed by atoms with Crippen LogP contribution in [0.25, 0.3) is 21.9 Å². The van der Waals surface area contributed by atoms with Gasteiger partial charge in [-0.05, 0) is 70.9 Å². The zero-order valence-corrected chi connectivity index (χ0v) is 19.9. The highest BCUT2D eigenvalue weighted by atomic mass is 79.9. The van der Waals surface area contributed by atoms with Crippen molar-refractivity contribution in [3.05, 3.63) is 33.6 Å². The normalized spacial score (nSPS) is 25.2. The van der Waals surface area contributed by atoms with Crippen LogP contribution in [0.15, 0.2) is 31.6 Å².